The van der Waals surface area contributed by atoms with Crippen LogP contribution in [0.1, 0.15) is 20.8 Å². The van der Waals surface area contributed by atoms with Gasteiger partial charge in [-0.05, 0) is 48.5 Å². The standard InChI is InChI=1S/C18H12F2N2O3/c19-13-3-1-12(2-4-13)17(23)10-25-18(24)16-9-21-11-22(16)15-7-5-14(20)6-8-15/h1-9,11H,10H2. The number of hydrogen-bond donors (Lipinski definition) is 0. The van der Waals surface area contributed by atoms with Crippen molar-refractivity contribution in [2.45, 2.75) is 0 Å². The molecule has 0 bridgehead atoms. The van der Waals surface area contributed by atoms with E-state index in [4.69, 9.17) is 4.74 Å². The molecule has 0 unspecified atom stereocenters. The SMILES string of the molecule is O=C(COC(=O)c1cncn1-c1ccc(F)cc1)c1ccc(F)cc1. The highest BCUT2D eigenvalue weighted by Crippen LogP contribution is 2.13. The maximum Gasteiger partial charge on any atom is 0.357 e. The van der Waals surface area contributed by atoms with E-state index < -0.39 is 30.0 Å². The molecule has 1 heterocycles. The van der Waals surface area contributed by atoms with Crippen molar-refractivity contribution in [3.05, 3.63) is 83.9 Å². The Kier molecular flexibility index (Phi) is 4.65. The highest BCUT2D eigenvalue weighted by Gasteiger charge is 2.17. The van der Waals surface area contributed by atoms with E-state index in [1.165, 1.54) is 53.5 Å². The van der Waals surface area contributed by atoms with Gasteiger partial charge in [0.1, 0.15) is 11.6 Å². The Labute approximate surface area is 141 Å². The monoisotopic (exact) mass is 342 g/mol. The van der Waals surface area contributed by atoms with E-state index in [9.17, 15) is 18.4 Å². The number of Topliss-reactive ketones (excluding diaryl/α,β-unsaturated/α-hetero) is 1. The average Bonchev–Trinajstić information content (AvgIpc) is 3.10. The number of ketones is 1. The van der Waals surface area contributed by atoms with E-state index in [2.05, 4.69) is 4.98 Å². The fourth-order valence-corrected chi connectivity index (χ4v) is 2.18. The minimum Gasteiger partial charge on any atom is -0.453 e. The van der Waals surface area contributed by atoms with Crippen molar-refractivity contribution >= 4 is 11.8 Å². The van der Waals surface area contributed by atoms with Crippen molar-refractivity contribution < 1.29 is 23.1 Å². The number of ether oxygens (including phenoxy) is 1. The number of imidazole rings is 1. The second-order valence-electron chi connectivity index (χ2n) is 5.13. The lowest BCUT2D eigenvalue weighted by molar-refractivity contribution is 0.0466. The van der Waals surface area contributed by atoms with Crippen molar-refractivity contribution in [2.75, 3.05) is 6.61 Å². The average molecular weight is 342 g/mol. The molecule has 3 rings (SSSR count). The van der Waals surface area contributed by atoms with Gasteiger partial charge in [0.2, 0.25) is 0 Å². The summed E-state index contributed by atoms with van der Waals surface area (Å²) in [6.07, 6.45) is 2.67. The molecular formula is C18H12F2N2O3. The van der Waals surface area contributed by atoms with Gasteiger partial charge in [-0.25, -0.2) is 18.6 Å². The van der Waals surface area contributed by atoms with Crippen LogP contribution in [-0.4, -0.2) is 27.9 Å². The van der Waals surface area contributed by atoms with Crippen LogP contribution in [0.4, 0.5) is 8.78 Å². The van der Waals surface area contributed by atoms with Gasteiger partial charge in [0.25, 0.3) is 0 Å². The minimum atomic E-state index is -0.753. The van der Waals surface area contributed by atoms with E-state index >= 15 is 0 Å². The molecule has 0 N–H and O–H groups in total. The van der Waals surface area contributed by atoms with E-state index in [0.717, 1.165) is 12.1 Å². The molecule has 5 nitrogen and oxygen atoms in total. The van der Waals surface area contributed by atoms with Crippen LogP contribution in [0.2, 0.25) is 0 Å². The second-order valence-corrected chi connectivity index (χ2v) is 5.13. The predicted octanol–water partition coefficient (Wildman–Crippen LogP) is 3.19. The third-order valence-corrected chi connectivity index (χ3v) is 3.45. The Morgan fingerprint density at radius 2 is 1.56 bits per heavy atom. The number of hydrogen-bond acceptors (Lipinski definition) is 4. The molecular weight excluding hydrogens is 330 g/mol. The Balaban J connectivity index is 1.70. The molecule has 0 amide bonds. The van der Waals surface area contributed by atoms with Crippen molar-refractivity contribution in [3.63, 3.8) is 0 Å². The van der Waals surface area contributed by atoms with Crippen LogP contribution < -0.4 is 0 Å². The van der Waals surface area contributed by atoms with Crippen LogP contribution in [0.3, 0.4) is 0 Å². The lowest BCUT2D eigenvalue weighted by Crippen LogP contribution is -2.16. The second kappa shape index (κ2) is 7.04. The molecule has 0 spiro atoms. The zero-order valence-corrected chi connectivity index (χ0v) is 12.9. The number of aromatic nitrogens is 2. The lowest BCUT2D eigenvalue weighted by atomic mass is 10.1. The fourth-order valence-electron chi connectivity index (χ4n) is 2.18. The minimum absolute atomic E-state index is 0.0958. The summed E-state index contributed by atoms with van der Waals surface area (Å²) >= 11 is 0. The van der Waals surface area contributed by atoms with Crippen LogP contribution in [0.15, 0.2) is 61.1 Å². The summed E-state index contributed by atoms with van der Waals surface area (Å²) in [5, 5.41) is 0. The van der Waals surface area contributed by atoms with Crippen LogP contribution in [0.5, 0.6) is 0 Å². The molecule has 2 aromatic carbocycles. The molecule has 1 aromatic heterocycles. The highest BCUT2D eigenvalue weighted by molar-refractivity contribution is 5.99. The van der Waals surface area contributed by atoms with E-state index in [-0.39, 0.29) is 11.3 Å². The first-order valence-corrected chi connectivity index (χ1v) is 7.29. The van der Waals surface area contributed by atoms with Crippen molar-refractivity contribution in [1.82, 2.24) is 9.55 Å². The molecule has 0 fully saturated rings. The summed E-state index contributed by atoms with van der Waals surface area (Å²) in [4.78, 5) is 28.0. The summed E-state index contributed by atoms with van der Waals surface area (Å²) < 4.78 is 32.3. The molecule has 0 saturated carbocycles. The van der Waals surface area contributed by atoms with Crippen molar-refractivity contribution in [3.8, 4) is 5.69 Å². The third kappa shape index (κ3) is 3.77. The van der Waals surface area contributed by atoms with Gasteiger partial charge in [0, 0.05) is 11.3 Å². The van der Waals surface area contributed by atoms with Gasteiger partial charge in [0.15, 0.2) is 18.1 Å². The molecule has 25 heavy (non-hydrogen) atoms. The van der Waals surface area contributed by atoms with Gasteiger partial charge in [-0.3, -0.25) is 9.36 Å². The molecule has 3 aromatic rings. The van der Waals surface area contributed by atoms with Crippen molar-refractivity contribution in [1.29, 1.82) is 0 Å². The van der Waals surface area contributed by atoms with Gasteiger partial charge in [0.05, 0.1) is 12.5 Å². The number of nitrogens with zero attached hydrogens (tertiary/aromatic N) is 2. The maximum atomic E-state index is 13.0. The molecule has 126 valence electrons. The van der Waals surface area contributed by atoms with Crippen LogP contribution >= 0.6 is 0 Å². The maximum absolute atomic E-state index is 13.0. The van der Waals surface area contributed by atoms with Crippen LogP contribution in [0, 0.1) is 11.6 Å². The summed E-state index contributed by atoms with van der Waals surface area (Å²) in [5.74, 6) is -2.08. The number of rotatable bonds is 5. The topological polar surface area (TPSA) is 61.2 Å². The van der Waals surface area contributed by atoms with Gasteiger partial charge >= 0.3 is 5.97 Å². The largest absolute Gasteiger partial charge is 0.453 e. The molecule has 0 aliphatic rings. The number of carbonyl (C=O) groups excluding carboxylic acids is 2. The van der Waals surface area contributed by atoms with Gasteiger partial charge < -0.3 is 4.74 Å². The molecule has 0 saturated heterocycles. The quantitative estimate of drug-likeness (QED) is 0.528. The summed E-state index contributed by atoms with van der Waals surface area (Å²) in [7, 11) is 0. The molecule has 0 radical (unpaired) electrons. The van der Waals surface area contributed by atoms with Gasteiger partial charge in [-0.15, -0.1) is 0 Å². The summed E-state index contributed by atoms with van der Waals surface area (Å²) in [6.45, 7) is -0.487. The first-order valence-electron chi connectivity index (χ1n) is 7.29. The Bertz CT molecular complexity index is 903. The summed E-state index contributed by atoms with van der Waals surface area (Å²) in [6, 6.07) is 10.4. The third-order valence-electron chi connectivity index (χ3n) is 3.45. The lowest BCUT2D eigenvalue weighted by Gasteiger charge is -2.08. The molecule has 0 atom stereocenters. The fraction of sp³-hybridized carbons (Fsp3) is 0.0556. The number of esters is 1. The number of carbonyl (C=O) groups is 2. The van der Waals surface area contributed by atoms with Gasteiger partial charge in [-0.1, -0.05) is 0 Å². The summed E-state index contributed by atoms with van der Waals surface area (Å²) in [5.41, 5.74) is 0.857. The smallest absolute Gasteiger partial charge is 0.357 e. The number of benzene rings is 2. The first kappa shape index (κ1) is 16.5. The van der Waals surface area contributed by atoms with Crippen LogP contribution in [-0.2, 0) is 4.74 Å². The highest BCUT2D eigenvalue weighted by atomic mass is 19.1. The Morgan fingerprint density at radius 3 is 2.20 bits per heavy atom. The number of halogens is 2. The first-order chi connectivity index (χ1) is 12.0. The Hall–Kier alpha value is -3.35. The van der Waals surface area contributed by atoms with Crippen molar-refractivity contribution in [2.24, 2.45) is 0 Å². The molecule has 0 aliphatic heterocycles. The van der Waals surface area contributed by atoms with E-state index in [1.54, 1.807) is 0 Å². The normalized spacial score (nSPS) is 10.5. The molecule has 7 heteroatoms. The van der Waals surface area contributed by atoms with Gasteiger partial charge in [-0.2, -0.15) is 0 Å². The zero-order valence-electron chi connectivity index (χ0n) is 12.9. The van der Waals surface area contributed by atoms with Crippen LogP contribution in [0.25, 0.3) is 5.69 Å². The molecule has 0 aliphatic carbocycles. The van der Waals surface area contributed by atoms with E-state index in [1.807, 2.05) is 0 Å². The van der Waals surface area contributed by atoms with E-state index in [0.29, 0.717) is 5.69 Å². The Morgan fingerprint density at radius 1 is 0.960 bits per heavy atom. The zero-order chi connectivity index (χ0) is 17.8. The predicted molar refractivity (Wildman–Crippen MR) is 84.5 cm³/mol.